The number of carbonyl (C=O) groups is 2. The molecule has 0 aliphatic carbocycles. The van der Waals surface area contributed by atoms with Crippen LogP contribution in [0, 0.1) is 17.6 Å². The van der Waals surface area contributed by atoms with Crippen LogP contribution in [0.1, 0.15) is 48.3 Å². The lowest BCUT2D eigenvalue weighted by atomic mass is 9.75. The SMILES string of the molecule is CCc1c([C@@H]2[C@@H](C(=O)Nc3ccnc(C(N)=O)c3)O[C@](C)(C(F)(F)F)[C@@H]2C)ccc(F)c1F. The summed E-state index contributed by atoms with van der Waals surface area (Å²) in [6.07, 6.45) is -5.35. The first-order valence-electron chi connectivity index (χ1n) is 10.1. The minimum Gasteiger partial charge on any atom is -0.364 e. The molecule has 1 aliphatic rings. The molecule has 2 heterocycles. The fourth-order valence-corrected chi connectivity index (χ4v) is 4.16. The molecule has 0 saturated carbocycles. The quantitative estimate of drug-likeness (QED) is 0.642. The molecular weight excluding hydrogens is 449 g/mol. The number of hydrogen-bond donors (Lipinski definition) is 2. The third-order valence-corrected chi connectivity index (χ3v) is 6.15. The molecule has 2 amide bonds. The van der Waals surface area contributed by atoms with E-state index in [2.05, 4.69) is 10.3 Å². The lowest BCUT2D eigenvalue weighted by Crippen LogP contribution is -2.47. The zero-order valence-electron chi connectivity index (χ0n) is 18.0. The van der Waals surface area contributed by atoms with Crippen LogP contribution in [0.3, 0.4) is 0 Å². The van der Waals surface area contributed by atoms with Crippen LogP contribution in [0.4, 0.5) is 27.6 Å². The second-order valence-electron chi connectivity index (χ2n) is 8.02. The molecule has 0 bridgehead atoms. The van der Waals surface area contributed by atoms with Gasteiger partial charge in [0.05, 0.1) is 0 Å². The summed E-state index contributed by atoms with van der Waals surface area (Å²) in [6.45, 7) is 3.60. The molecule has 3 rings (SSSR count). The number of aromatic nitrogens is 1. The van der Waals surface area contributed by atoms with E-state index in [4.69, 9.17) is 10.5 Å². The molecule has 0 radical (unpaired) electrons. The van der Waals surface area contributed by atoms with Gasteiger partial charge in [-0.25, -0.2) is 8.78 Å². The van der Waals surface area contributed by atoms with Gasteiger partial charge >= 0.3 is 6.18 Å². The molecule has 3 N–H and O–H groups in total. The summed E-state index contributed by atoms with van der Waals surface area (Å²) in [5, 5.41) is 2.41. The summed E-state index contributed by atoms with van der Waals surface area (Å²) < 4.78 is 75.5. The summed E-state index contributed by atoms with van der Waals surface area (Å²) in [5.74, 6) is -6.69. The molecule has 1 aliphatic heterocycles. The minimum absolute atomic E-state index is 0.00839. The summed E-state index contributed by atoms with van der Waals surface area (Å²) in [4.78, 5) is 28.1. The van der Waals surface area contributed by atoms with Crippen LogP contribution >= 0.6 is 0 Å². The number of anilines is 1. The van der Waals surface area contributed by atoms with Crippen molar-refractivity contribution in [1.82, 2.24) is 4.98 Å². The maximum Gasteiger partial charge on any atom is 0.417 e. The van der Waals surface area contributed by atoms with Gasteiger partial charge in [-0.1, -0.05) is 19.9 Å². The Morgan fingerprint density at radius 1 is 1.24 bits per heavy atom. The van der Waals surface area contributed by atoms with Gasteiger partial charge in [-0.2, -0.15) is 13.2 Å². The molecule has 6 nitrogen and oxygen atoms in total. The van der Waals surface area contributed by atoms with Gasteiger partial charge in [-0.3, -0.25) is 14.6 Å². The van der Waals surface area contributed by atoms with Crippen LogP contribution < -0.4 is 11.1 Å². The van der Waals surface area contributed by atoms with Crippen molar-refractivity contribution in [2.45, 2.75) is 51.0 Å². The number of rotatable bonds is 5. The highest BCUT2D eigenvalue weighted by Crippen LogP contribution is 2.54. The standard InChI is InChI=1S/C22H22F5N3O3/c1-4-12-13(5-6-14(23)17(12)24)16-10(2)21(3,22(25,26)27)33-18(16)20(32)30-11-7-8-29-15(9-11)19(28)31/h5-10,16,18H,4H2,1-3H3,(H2,28,31)(H,29,30,32)/t10-,16-,18+,21+/m1/s1. The number of carbonyl (C=O) groups excluding carboxylic acids is 2. The number of nitrogens with zero attached hydrogens (tertiary/aromatic N) is 1. The number of amides is 2. The molecule has 11 heteroatoms. The van der Waals surface area contributed by atoms with Gasteiger partial charge in [0.2, 0.25) is 0 Å². The Balaban J connectivity index is 2.07. The Morgan fingerprint density at radius 2 is 1.91 bits per heavy atom. The van der Waals surface area contributed by atoms with Crippen molar-refractivity contribution in [2.75, 3.05) is 5.32 Å². The van der Waals surface area contributed by atoms with E-state index in [0.717, 1.165) is 19.1 Å². The van der Waals surface area contributed by atoms with Crippen molar-refractivity contribution in [3.05, 3.63) is 58.9 Å². The van der Waals surface area contributed by atoms with E-state index in [1.807, 2.05) is 0 Å². The first-order valence-corrected chi connectivity index (χ1v) is 10.1. The van der Waals surface area contributed by atoms with Crippen molar-refractivity contribution in [3.63, 3.8) is 0 Å². The summed E-state index contributed by atoms with van der Waals surface area (Å²) in [5.41, 5.74) is 2.26. The average Bonchev–Trinajstić information content (AvgIpc) is 3.02. The molecule has 1 fully saturated rings. The van der Waals surface area contributed by atoms with Gasteiger partial charge in [-0.05, 0) is 42.7 Å². The van der Waals surface area contributed by atoms with E-state index in [1.165, 1.54) is 32.2 Å². The Kier molecular flexibility index (Phi) is 6.47. The monoisotopic (exact) mass is 471 g/mol. The van der Waals surface area contributed by atoms with Gasteiger partial charge in [0.25, 0.3) is 11.8 Å². The summed E-state index contributed by atoms with van der Waals surface area (Å²) in [7, 11) is 0. The van der Waals surface area contributed by atoms with E-state index in [-0.39, 0.29) is 28.9 Å². The molecule has 4 atom stereocenters. The topological polar surface area (TPSA) is 94.3 Å². The molecule has 0 spiro atoms. The summed E-state index contributed by atoms with van der Waals surface area (Å²) in [6, 6.07) is 4.47. The zero-order valence-corrected chi connectivity index (χ0v) is 18.0. The first kappa shape index (κ1) is 24.6. The van der Waals surface area contributed by atoms with Gasteiger partial charge in [0.1, 0.15) is 11.8 Å². The van der Waals surface area contributed by atoms with Crippen LogP contribution in [0.2, 0.25) is 0 Å². The van der Waals surface area contributed by atoms with Crippen molar-refractivity contribution >= 4 is 17.5 Å². The smallest absolute Gasteiger partial charge is 0.364 e. The number of pyridine rings is 1. The Labute approximate surface area is 186 Å². The zero-order chi connectivity index (χ0) is 24.7. The van der Waals surface area contributed by atoms with Crippen LogP contribution in [0.5, 0.6) is 0 Å². The number of alkyl halides is 3. The normalized spacial score (nSPS) is 25.2. The Morgan fingerprint density at radius 3 is 2.48 bits per heavy atom. The van der Waals surface area contributed by atoms with Crippen molar-refractivity contribution in [3.8, 4) is 0 Å². The van der Waals surface area contributed by atoms with Crippen LogP contribution in [-0.4, -0.2) is 34.7 Å². The highest BCUT2D eigenvalue weighted by Gasteiger charge is 2.65. The van der Waals surface area contributed by atoms with E-state index >= 15 is 0 Å². The number of primary amides is 1. The first-order chi connectivity index (χ1) is 15.3. The molecule has 1 saturated heterocycles. The van der Waals surface area contributed by atoms with Gasteiger partial charge in [0, 0.05) is 23.7 Å². The predicted octanol–water partition coefficient (Wildman–Crippen LogP) is 4.10. The Hall–Kier alpha value is -3.08. The predicted molar refractivity (Wildman–Crippen MR) is 108 cm³/mol. The molecule has 33 heavy (non-hydrogen) atoms. The number of benzene rings is 1. The largest absolute Gasteiger partial charge is 0.417 e. The van der Waals surface area contributed by atoms with Crippen LogP contribution in [-0.2, 0) is 16.0 Å². The second-order valence-corrected chi connectivity index (χ2v) is 8.02. The maximum atomic E-state index is 14.5. The molecule has 0 unspecified atom stereocenters. The number of halogens is 5. The highest BCUT2D eigenvalue weighted by atomic mass is 19.4. The van der Waals surface area contributed by atoms with E-state index in [0.29, 0.717) is 0 Å². The number of nitrogens with two attached hydrogens (primary N) is 1. The minimum atomic E-state index is -4.85. The van der Waals surface area contributed by atoms with Crippen molar-refractivity contribution in [2.24, 2.45) is 11.7 Å². The maximum absolute atomic E-state index is 14.5. The average molecular weight is 471 g/mol. The lowest BCUT2D eigenvalue weighted by Gasteiger charge is -2.32. The van der Waals surface area contributed by atoms with Gasteiger partial charge in [-0.15, -0.1) is 0 Å². The third-order valence-electron chi connectivity index (χ3n) is 6.15. The van der Waals surface area contributed by atoms with E-state index < -0.39 is 53.2 Å². The van der Waals surface area contributed by atoms with Crippen molar-refractivity contribution < 1.29 is 36.3 Å². The lowest BCUT2D eigenvalue weighted by molar-refractivity contribution is -0.272. The number of hydrogen-bond acceptors (Lipinski definition) is 4. The Bertz CT molecular complexity index is 1090. The third kappa shape index (κ3) is 4.29. The molecule has 2 aromatic rings. The fourth-order valence-electron chi connectivity index (χ4n) is 4.16. The van der Waals surface area contributed by atoms with Gasteiger partial charge < -0.3 is 15.8 Å². The van der Waals surface area contributed by atoms with Gasteiger partial charge in [0.15, 0.2) is 17.2 Å². The van der Waals surface area contributed by atoms with Crippen molar-refractivity contribution in [1.29, 1.82) is 0 Å². The second kappa shape index (κ2) is 8.69. The van der Waals surface area contributed by atoms with Crippen LogP contribution in [0.25, 0.3) is 0 Å². The number of nitrogens with one attached hydrogen (secondary N) is 1. The molecule has 1 aromatic carbocycles. The molecule has 178 valence electrons. The van der Waals surface area contributed by atoms with Crippen LogP contribution in [0.15, 0.2) is 30.5 Å². The molecule has 1 aromatic heterocycles. The summed E-state index contributed by atoms with van der Waals surface area (Å²) >= 11 is 0. The highest BCUT2D eigenvalue weighted by molar-refractivity contribution is 5.97. The van der Waals surface area contributed by atoms with E-state index in [9.17, 15) is 31.5 Å². The fraction of sp³-hybridized carbons (Fsp3) is 0.409. The number of ether oxygens (including phenoxy) is 1. The molecular formula is C22H22F5N3O3. The van der Waals surface area contributed by atoms with E-state index in [1.54, 1.807) is 0 Å².